The van der Waals surface area contributed by atoms with Gasteiger partial charge in [0.15, 0.2) is 0 Å². The molecule has 4 aromatic rings. The Labute approximate surface area is 141 Å². The normalized spacial score (nSPS) is 10.9. The summed E-state index contributed by atoms with van der Waals surface area (Å²) >= 11 is 0. The highest BCUT2D eigenvalue weighted by molar-refractivity contribution is 5.99. The van der Waals surface area contributed by atoms with Crippen LogP contribution in [0.1, 0.15) is 5.56 Å². The van der Waals surface area contributed by atoms with E-state index in [4.69, 9.17) is 0 Å². The third-order valence-corrected chi connectivity index (χ3v) is 4.42. The van der Waals surface area contributed by atoms with Crippen LogP contribution in [-0.4, -0.2) is 5.11 Å². The van der Waals surface area contributed by atoms with E-state index in [2.05, 4.69) is 37.3 Å². The van der Waals surface area contributed by atoms with E-state index in [1.807, 2.05) is 54.6 Å². The molecule has 116 valence electrons. The first-order valence-electron chi connectivity index (χ1n) is 8.11. The van der Waals surface area contributed by atoms with Gasteiger partial charge in [-0.05, 0) is 46.5 Å². The van der Waals surface area contributed by atoms with E-state index in [9.17, 15) is 5.11 Å². The van der Waals surface area contributed by atoms with Gasteiger partial charge in [-0.25, -0.2) is 0 Å². The standard InChI is InChI=1S/C23H18O/c1-16-14-21(18-8-3-2-4-9-18)23(24)22(15-16)20-13-7-11-17-10-5-6-12-19(17)20/h2-15,24H,1H3. The largest absolute Gasteiger partial charge is 0.507 e. The molecule has 0 amide bonds. The summed E-state index contributed by atoms with van der Waals surface area (Å²) in [5.74, 6) is 0.336. The van der Waals surface area contributed by atoms with Crippen molar-refractivity contribution in [1.29, 1.82) is 0 Å². The van der Waals surface area contributed by atoms with Gasteiger partial charge in [0.05, 0.1) is 0 Å². The minimum atomic E-state index is 0.336. The average molecular weight is 310 g/mol. The zero-order chi connectivity index (χ0) is 16.5. The molecule has 0 saturated carbocycles. The Bertz CT molecular complexity index is 1010. The van der Waals surface area contributed by atoms with Gasteiger partial charge in [0.1, 0.15) is 5.75 Å². The molecule has 4 aromatic carbocycles. The van der Waals surface area contributed by atoms with Crippen LogP contribution in [0.25, 0.3) is 33.0 Å². The van der Waals surface area contributed by atoms with Crippen LogP contribution in [0, 0.1) is 6.92 Å². The molecule has 0 unspecified atom stereocenters. The van der Waals surface area contributed by atoms with Crippen molar-refractivity contribution in [2.75, 3.05) is 0 Å². The molecule has 24 heavy (non-hydrogen) atoms. The van der Waals surface area contributed by atoms with Crippen LogP contribution in [0.2, 0.25) is 0 Å². The average Bonchev–Trinajstić information content (AvgIpc) is 2.63. The van der Waals surface area contributed by atoms with Gasteiger partial charge < -0.3 is 5.11 Å². The number of aromatic hydroxyl groups is 1. The summed E-state index contributed by atoms with van der Waals surface area (Å²) in [6.45, 7) is 2.07. The topological polar surface area (TPSA) is 20.2 Å². The zero-order valence-corrected chi connectivity index (χ0v) is 13.5. The Kier molecular flexibility index (Phi) is 3.55. The molecule has 0 aliphatic rings. The smallest absolute Gasteiger partial charge is 0.131 e. The molecule has 0 saturated heterocycles. The Morgan fingerprint density at radius 3 is 2.12 bits per heavy atom. The summed E-state index contributed by atoms with van der Waals surface area (Å²) < 4.78 is 0. The van der Waals surface area contributed by atoms with E-state index >= 15 is 0 Å². The van der Waals surface area contributed by atoms with Crippen LogP contribution >= 0.6 is 0 Å². The van der Waals surface area contributed by atoms with E-state index < -0.39 is 0 Å². The van der Waals surface area contributed by atoms with E-state index in [1.165, 1.54) is 5.39 Å². The fourth-order valence-corrected chi connectivity index (χ4v) is 3.28. The van der Waals surface area contributed by atoms with Gasteiger partial charge in [-0.2, -0.15) is 0 Å². The van der Waals surface area contributed by atoms with Crippen molar-refractivity contribution in [3.63, 3.8) is 0 Å². The van der Waals surface area contributed by atoms with Gasteiger partial charge in [-0.15, -0.1) is 0 Å². The van der Waals surface area contributed by atoms with E-state index in [0.29, 0.717) is 5.75 Å². The number of fused-ring (bicyclic) bond motifs is 1. The van der Waals surface area contributed by atoms with Gasteiger partial charge in [-0.3, -0.25) is 0 Å². The molecule has 0 fully saturated rings. The molecular formula is C23H18O. The van der Waals surface area contributed by atoms with Crippen molar-refractivity contribution in [3.8, 4) is 28.0 Å². The van der Waals surface area contributed by atoms with Crippen LogP contribution < -0.4 is 0 Å². The Morgan fingerprint density at radius 1 is 0.625 bits per heavy atom. The number of rotatable bonds is 2. The lowest BCUT2D eigenvalue weighted by Crippen LogP contribution is -1.88. The summed E-state index contributed by atoms with van der Waals surface area (Å²) in [4.78, 5) is 0. The predicted octanol–water partition coefficient (Wildman–Crippen LogP) is 6.19. The molecule has 0 aliphatic heterocycles. The summed E-state index contributed by atoms with van der Waals surface area (Å²) in [6, 6.07) is 28.6. The zero-order valence-electron chi connectivity index (χ0n) is 13.5. The first-order valence-corrected chi connectivity index (χ1v) is 8.11. The highest BCUT2D eigenvalue weighted by Gasteiger charge is 2.14. The van der Waals surface area contributed by atoms with Crippen LogP contribution in [0.3, 0.4) is 0 Å². The fraction of sp³-hybridized carbons (Fsp3) is 0.0435. The quantitative estimate of drug-likeness (QED) is 0.468. The van der Waals surface area contributed by atoms with Crippen LogP contribution in [0.5, 0.6) is 5.75 Å². The van der Waals surface area contributed by atoms with Crippen molar-refractivity contribution < 1.29 is 5.11 Å². The van der Waals surface area contributed by atoms with Crippen molar-refractivity contribution in [2.45, 2.75) is 6.92 Å². The molecule has 0 radical (unpaired) electrons. The third kappa shape index (κ3) is 2.44. The second-order valence-electron chi connectivity index (χ2n) is 6.10. The van der Waals surface area contributed by atoms with E-state index in [-0.39, 0.29) is 0 Å². The van der Waals surface area contributed by atoms with Gasteiger partial charge in [0.2, 0.25) is 0 Å². The van der Waals surface area contributed by atoms with E-state index in [0.717, 1.165) is 33.2 Å². The number of phenols is 1. The number of hydrogen-bond donors (Lipinski definition) is 1. The second kappa shape index (κ2) is 5.86. The van der Waals surface area contributed by atoms with Crippen molar-refractivity contribution >= 4 is 10.8 Å². The first-order chi connectivity index (χ1) is 11.7. The van der Waals surface area contributed by atoms with Gasteiger partial charge >= 0.3 is 0 Å². The highest BCUT2D eigenvalue weighted by atomic mass is 16.3. The number of aryl methyl sites for hydroxylation is 1. The maximum absolute atomic E-state index is 11.0. The summed E-state index contributed by atoms with van der Waals surface area (Å²) in [5, 5.41) is 13.3. The Balaban J connectivity index is 2.01. The lowest BCUT2D eigenvalue weighted by atomic mass is 9.92. The first kappa shape index (κ1) is 14.5. The predicted molar refractivity (Wildman–Crippen MR) is 101 cm³/mol. The van der Waals surface area contributed by atoms with Crippen molar-refractivity contribution in [3.05, 3.63) is 90.5 Å². The summed E-state index contributed by atoms with van der Waals surface area (Å²) in [6.07, 6.45) is 0. The van der Waals surface area contributed by atoms with Crippen LogP contribution in [0.4, 0.5) is 0 Å². The van der Waals surface area contributed by atoms with Crippen LogP contribution in [0.15, 0.2) is 84.9 Å². The van der Waals surface area contributed by atoms with Gasteiger partial charge in [0, 0.05) is 11.1 Å². The third-order valence-electron chi connectivity index (χ3n) is 4.42. The Morgan fingerprint density at radius 2 is 1.29 bits per heavy atom. The van der Waals surface area contributed by atoms with Gasteiger partial charge in [-0.1, -0.05) is 72.8 Å². The van der Waals surface area contributed by atoms with Gasteiger partial charge in [0.25, 0.3) is 0 Å². The molecule has 4 rings (SSSR count). The molecular weight excluding hydrogens is 292 g/mol. The molecule has 1 nitrogen and oxygen atoms in total. The van der Waals surface area contributed by atoms with Crippen molar-refractivity contribution in [1.82, 2.24) is 0 Å². The Hall–Kier alpha value is -3.06. The SMILES string of the molecule is Cc1cc(-c2ccccc2)c(O)c(-c2cccc3ccccc23)c1. The number of phenolic OH excluding ortho intramolecular Hbond substituents is 1. The monoisotopic (exact) mass is 310 g/mol. The maximum Gasteiger partial charge on any atom is 0.131 e. The van der Waals surface area contributed by atoms with Crippen LogP contribution in [-0.2, 0) is 0 Å². The molecule has 1 N–H and O–H groups in total. The summed E-state index contributed by atoms with van der Waals surface area (Å²) in [5.41, 5.74) is 4.98. The molecule has 0 aliphatic carbocycles. The highest BCUT2D eigenvalue weighted by Crippen LogP contribution is 2.41. The fourth-order valence-electron chi connectivity index (χ4n) is 3.28. The summed E-state index contributed by atoms with van der Waals surface area (Å²) in [7, 11) is 0. The molecule has 0 atom stereocenters. The molecule has 0 spiro atoms. The number of hydrogen-bond acceptors (Lipinski definition) is 1. The molecule has 0 heterocycles. The van der Waals surface area contributed by atoms with E-state index in [1.54, 1.807) is 0 Å². The second-order valence-corrected chi connectivity index (χ2v) is 6.10. The minimum Gasteiger partial charge on any atom is -0.507 e. The molecule has 0 aromatic heterocycles. The van der Waals surface area contributed by atoms with Crippen molar-refractivity contribution in [2.24, 2.45) is 0 Å². The molecule has 0 bridgehead atoms. The lowest BCUT2D eigenvalue weighted by Gasteiger charge is -2.14. The maximum atomic E-state index is 11.0. The minimum absolute atomic E-state index is 0.336. The number of benzene rings is 4. The molecule has 1 heteroatoms. The lowest BCUT2D eigenvalue weighted by molar-refractivity contribution is 0.479.